The van der Waals surface area contributed by atoms with Gasteiger partial charge in [0, 0.05) is 5.56 Å². The third-order valence-electron chi connectivity index (χ3n) is 3.25. The molecule has 3 rings (SSSR count). The van der Waals surface area contributed by atoms with Crippen molar-refractivity contribution in [2.45, 2.75) is 6.04 Å². The molecule has 1 atom stereocenters. The van der Waals surface area contributed by atoms with Gasteiger partial charge >= 0.3 is 5.97 Å². The Bertz CT molecular complexity index is 826. The number of oxazole rings is 1. The number of hydrogen-bond donors (Lipinski definition) is 2. The molecule has 1 amide bonds. The molecule has 0 aliphatic carbocycles. The lowest BCUT2D eigenvalue weighted by molar-refractivity contribution is -0.139. The summed E-state index contributed by atoms with van der Waals surface area (Å²) in [6, 6.07) is 12.2. The molecule has 0 aliphatic rings. The van der Waals surface area contributed by atoms with Crippen LogP contribution in [-0.2, 0) is 4.79 Å². The number of nitrogens with one attached hydrogen (secondary N) is 1. The Morgan fingerprint density at radius 2 is 1.91 bits per heavy atom. The number of carbonyl (C=O) groups is 2. The van der Waals surface area contributed by atoms with Crippen LogP contribution in [0.5, 0.6) is 0 Å². The van der Waals surface area contributed by atoms with Gasteiger partial charge in [0.15, 0.2) is 18.0 Å². The number of benzene rings is 2. The molecule has 0 fully saturated rings. The van der Waals surface area contributed by atoms with Crippen LogP contribution in [-0.4, -0.2) is 22.0 Å². The molecule has 1 aromatic heterocycles. The summed E-state index contributed by atoms with van der Waals surface area (Å²) in [4.78, 5) is 27.6. The zero-order valence-corrected chi connectivity index (χ0v) is 11.4. The first-order valence-corrected chi connectivity index (χ1v) is 6.57. The van der Waals surface area contributed by atoms with E-state index in [1.165, 1.54) is 6.39 Å². The fourth-order valence-corrected chi connectivity index (χ4v) is 2.15. The molecule has 110 valence electrons. The van der Waals surface area contributed by atoms with Gasteiger partial charge in [0.2, 0.25) is 0 Å². The van der Waals surface area contributed by atoms with Gasteiger partial charge in [-0.1, -0.05) is 30.3 Å². The normalized spacial score (nSPS) is 12.0. The van der Waals surface area contributed by atoms with E-state index in [-0.39, 0.29) is 0 Å². The molecule has 2 aromatic carbocycles. The molecule has 3 aromatic rings. The van der Waals surface area contributed by atoms with Crippen LogP contribution in [0.15, 0.2) is 59.3 Å². The largest absolute Gasteiger partial charge is 0.479 e. The fourth-order valence-electron chi connectivity index (χ4n) is 2.15. The molecule has 6 heteroatoms. The number of amides is 1. The van der Waals surface area contributed by atoms with Crippen molar-refractivity contribution >= 4 is 23.0 Å². The molecule has 0 spiro atoms. The summed E-state index contributed by atoms with van der Waals surface area (Å²) < 4.78 is 5.10. The smallest absolute Gasteiger partial charge is 0.330 e. The van der Waals surface area contributed by atoms with E-state index in [4.69, 9.17) is 4.42 Å². The molecule has 2 N–H and O–H groups in total. The number of rotatable bonds is 4. The van der Waals surface area contributed by atoms with E-state index in [1.54, 1.807) is 48.5 Å². The van der Waals surface area contributed by atoms with Crippen molar-refractivity contribution in [1.82, 2.24) is 10.3 Å². The monoisotopic (exact) mass is 296 g/mol. The van der Waals surface area contributed by atoms with Crippen molar-refractivity contribution in [3.8, 4) is 0 Å². The van der Waals surface area contributed by atoms with Gasteiger partial charge in [0.05, 0.1) is 0 Å². The highest BCUT2D eigenvalue weighted by atomic mass is 16.4. The standard InChI is InChI=1S/C16H12N2O4/c19-15(11-6-7-13-12(8-11)17-9-22-13)18-14(16(20)21)10-4-2-1-3-5-10/h1-9,14H,(H,18,19)(H,20,21)/t14-/m0/s1. The van der Waals surface area contributed by atoms with Crippen molar-refractivity contribution in [3.63, 3.8) is 0 Å². The lowest BCUT2D eigenvalue weighted by Crippen LogP contribution is -2.33. The van der Waals surface area contributed by atoms with Gasteiger partial charge in [0.1, 0.15) is 5.52 Å². The van der Waals surface area contributed by atoms with E-state index < -0.39 is 17.9 Å². The van der Waals surface area contributed by atoms with Gasteiger partial charge in [-0.15, -0.1) is 0 Å². The summed E-state index contributed by atoms with van der Waals surface area (Å²) >= 11 is 0. The number of hydrogen-bond acceptors (Lipinski definition) is 4. The Morgan fingerprint density at radius 3 is 2.64 bits per heavy atom. The predicted molar refractivity (Wildman–Crippen MR) is 78.3 cm³/mol. The Balaban J connectivity index is 1.86. The minimum absolute atomic E-state index is 0.323. The first kappa shape index (κ1) is 13.8. The van der Waals surface area contributed by atoms with Crippen molar-refractivity contribution in [1.29, 1.82) is 0 Å². The van der Waals surface area contributed by atoms with E-state index in [2.05, 4.69) is 10.3 Å². The first-order chi connectivity index (χ1) is 10.6. The number of carboxylic acids is 1. The lowest BCUT2D eigenvalue weighted by atomic mass is 10.1. The molecule has 6 nitrogen and oxygen atoms in total. The van der Waals surface area contributed by atoms with Gasteiger partial charge < -0.3 is 14.8 Å². The van der Waals surface area contributed by atoms with Crippen molar-refractivity contribution in [2.75, 3.05) is 0 Å². The molecule has 0 radical (unpaired) electrons. The third kappa shape index (κ3) is 2.67. The minimum Gasteiger partial charge on any atom is -0.479 e. The van der Waals surface area contributed by atoms with Gasteiger partial charge in [-0.25, -0.2) is 9.78 Å². The molecule has 1 heterocycles. The fraction of sp³-hybridized carbons (Fsp3) is 0.0625. The van der Waals surface area contributed by atoms with Gasteiger partial charge in [0.25, 0.3) is 5.91 Å². The van der Waals surface area contributed by atoms with Crippen LogP contribution in [0.3, 0.4) is 0 Å². The van der Waals surface area contributed by atoms with Crippen LogP contribution in [0.1, 0.15) is 22.0 Å². The molecule has 0 saturated heterocycles. The van der Waals surface area contributed by atoms with Crippen molar-refractivity contribution in [2.24, 2.45) is 0 Å². The van der Waals surface area contributed by atoms with Gasteiger partial charge in [-0.05, 0) is 23.8 Å². The Hall–Kier alpha value is -3.15. The zero-order valence-electron chi connectivity index (χ0n) is 11.4. The summed E-state index contributed by atoms with van der Waals surface area (Å²) in [6.07, 6.45) is 1.29. The number of nitrogens with zero attached hydrogens (tertiary/aromatic N) is 1. The minimum atomic E-state index is -1.12. The Kier molecular flexibility index (Phi) is 3.57. The van der Waals surface area contributed by atoms with E-state index >= 15 is 0 Å². The van der Waals surface area contributed by atoms with E-state index in [9.17, 15) is 14.7 Å². The molecule has 0 unspecified atom stereocenters. The molecular formula is C16H12N2O4. The third-order valence-corrected chi connectivity index (χ3v) is 3.25. The number of carboxylic acid groups (broad SMARTS) is 1. The number of aliphatic carboxylic acids is 1. The lowest BCUT2D eigenvalue weighted by Gasteiger charge is -2.14. The van der Waals surface area contributed by atoms with Crippen molar-refractivity contribution in [3.05, 3.63) is 66.1 Å². The predicted octanol–water partition coefficient (Wildman–Crippen LogP) is 2.38. The number of carbonyl (C=O) groups excluding carboxylic acids is 1. The van der Waals surface area contributed by atoms with Gasteiger partial charge in [-0.2, -0.15) is 0 Å². The average molecular weight is 296 g/mol. The molecule has 22 heavy (non-hydrogen) atoms. The highest BCUT2D eigenvalue weighted by Gasteiger charge is 2.22. The maximum absolute atomic E-state index is 12.3. The highest BCUT2D eigenvalue weighted by Crippen LogP contribution is 2.17. The second-order valence-corrected chi connectivity index (χ2v) is 4.69. The summed E-state index contributed by atoms with van der Waals surface area (Å²) in [5, 5.41) is 11.8. The van der Waals surface area contributed by atoms with Crippen LogP contribution in [0.25, 0.3) is 11.1 Å². The van der Waals surface area contributed by atoms with Crippen LogP contribution >= 0.6 is 0 Å². The zero-order chi connectivity index (χ0) is 15.5. The van der Waals surface area contributed by atoms with Crippen LogP contribution < -0.4 is 5.32 Å². The summed E-state index contributed by atoms with van der Waals surface area (Å²) in [6.45, 7) is 0. The quantitative estimate of drug-likeness (QED) is 0.771. The van der Waals surface area contributed by atoms with Crippen LogP contribution in [0, 0.1) is 0 Å². The van der Waals surface area contributed by atoms with E-state index in [1.807, 2.05) is 0 Å². The second-order valence-electron chi connectivity index (χ2n) is 4.69. The molecule has 0 saturated carbocycles. The maximum atomic E-state index is 12.3. The topological polar surface area (TPSA) is 92.4 Å². The summed E-state index contributed by atoms with van der Waals surface area (Å²) in [7, 11) is 0. The molecule has 0 aliphatic heterocycles. The SMILES string of the molecule is O=C(N[C@H](C(=O)O)c1ccccc1)c1ccc2ocnc2c1. The van der Waals surface area contributed by atoms with Crippen molar-refractivity contribution < 1.29 is 19.1 Å². The number of fused-ring (bicyclic) bond motifs is 1. The summed E-state index contributed by atoms with van der Waals surface area (Å²) in [5.74, 6) is -1.61. The van der Waals surface area contributed by atoms with Crippen LogP contribution in [0.4, 0.5) is 0 Å². The number of aromatic nitrogens is 1. The molecular weight excluding hydrogens is 284 g/mol. The van der Waals surface area contributed by atoms with E-state index in [0.29, 0.717) is 22.2 Å². The Morgan fingerprint density at radius 1 is 1.14 bits per heavy atom. The summed E-state index contributed by atoms with van der Waals surface area (Å²) in [5.41, 5.74) is 1.93. The first-order valence-electron chi connectivity index (χ1n) is 6.57. The van der Waals surface area contributed by atoms with Gasteiger partial charge in [-0.3, -0.25) is 4.79 Å². The second kappa shape index (κ2) is 5.69. The highest BCUT2D eigenvalue weighted by molar-refractivity contribution is 5.99. The average Bonchev–Trinajstić information content (AvgIpc) is 3.00. The van der Waals surface area contributed by atoms with Crippen LogP contribution in [0.2, 0.25) is 0 Å². The molecule has 0 bridgehead atoms. The Labute approximate surface area is 125 Å². The van der Waals surface area contributed by atoms with E-state index in [0.717, 1.165) is 0 Å². The maximum Gasteiger partial charge on any atom is 0.330 e.